The van der Waals surface area contributed by atoms with Crippen LogP contribution in [-0.4, -0.2) is 10.8 Å². The van der Waals surface area contributed by atoms with Crippen LogP contribution >= 0.6 is 15.9 Å². The van der Waals surface area contributed by atoms with Crippen LogP contribution in [-0.2, 0) is 11.3 Å². The zero-order valence-electron chi connectivity index (χ0n) is 17.0. The van der Waals surface area contributed by atoms with E-state index in [-0.39, 0.29) is 30.0 Å². The van der Waals surface area contributed by atoms with Crippen molar-refractivity contribution >= 4 is 21.7 Å². The summed E-state index contributed by atoms with van der Waals surface area (Å²) in [6, 6.07) is 6.55. The van der Waals surface area contributed by atoms with Gasteiger partial charge in [0.1, 0.15) is 5.82 Å². The molecule has 3 nitrogen and oxygen atoms in total. The Morgan fingerprint density at radius 3 is 2.71 bits per heavy atom. The number of Topliss-reactive ketones (excluding diaryl/α,β-unsaturated/α-hetero) is 1. The van der Waals surface area contributed by atoms with Crippen LogP contribution in [0.3, 0.4) is 0 Å². The van der Waals surface area contributed by atoms with Gasteiger partial charge in [-0.05, 0) is 66.1 Å². The minimum Gasteiger partial charge on any atom is -0.299 e. The summed E-state index contributed by atoms with van der Waals surface area (Å²) in [7, 11) is 0. The number of rotatable bonds is 4. The lowest BCUT2D eigenvalue weighted by molar-refractivity contribution is -0.119. The van der Waals surface area contributed by atoms with E-state index in [4.69, 9.17) is 5.84 Å². The van der Waals surface area contributed by atoms with Gasteiger partial charge in [-0.15, -0.1) is 0 Å². The monoisotopic (exact) mass is 448 g/mol. The van der Waals surface area contributed by atoms with Crippen molar-refractivity contribution in [3.05, 3.63) is 69.6 Å². The quantitative estimate of drug-likeness (QED) is 0.201. The maximum absolute atomic E-state index is 14.0. The van der Waals surface area contributed by atoms with Gasteiger partial charge in [0.25, 0.3) is 0 Å². The van der Waals surface area contributed by atoms with Crippen molar-refractivity contribution in [2.75, 3.05) is 0 Å². The maximum Gasteiger partial charge on any atom is 0.165 e. The first-order valence-electron chi connectivity index (χ1n) is 9.80. The lowest BCUT2D eigenvalue weighted by atomic mass is 9.81. The van der Waals surface area contributed by atoms with Crippen LogP contribution in [0, 0.1) is 17.7 Å². The highest BCUT2D eigenvalue weighted by Gasteiger charge is 2.28. The SMILES string of the molecule is C=C1C(=O)C(CC)CC/C(C)=C\CC(C)/C1=C(\Br)N(N)Cc1ccccc1F. The van der Waals surface area contributed by atoms with Crippen LogP contribution in [0.5, 0.6) is 0 Å². The molecule has 0 amide bonds. The molecule has 0 bridgehead atoms. The number of carbonyl (C=O) groups excluding carboxylic acids is 1. The molecule has 0 heterocycles. The topological polar surface area (TPSA) is 46.3 Å². The zero-order valence-corrected chi connectivity index (χ0v) is 18.6. The van der Waals surface area contributed by atoms with Crippen LogP contribution < -0.4 is 5.84 Å². The molecule has 2 atom stereocenters. The summed E-state index contributed by atoms with van der Waals surface area (Å²) in [5.41, 5.74) is 3.10. The molecule has 0 saturated heterocycles. The number of carbonyl (C=O) groups is 1. The fourth-order valence-electron chi connectivity index (χ4n) is 3.56. The van der Waals surface area contributed by atoms with E-state index in [1.54, 1.807) is 18.2 Å². The Hall–Kier alpha value is -1.72. The van der Waals surface area contributed by atoms with E-state index in [1.807, 2.05) is 6.92 Å². The molecule has 0 spiro atoms. The highest BCUT2D eigenvalue weighted by Crippen LogP contribution is 2.35. The molecule has 2 unspecified atom stereocenters. The van der Waals surface area contributed by atoms with Crippen LogP contribution in [0.25, 0.3) is 0 Å². The first-order valence-corrected chi connectivity index (χ1v) is 10.6. The van der Waals surface area contributed by atoms with Gasteiger partial charge in [-0.25, -0.2) is 10.2 Å². The predicted octanol–water partition coefficient (Wildman–Crippen LogP) is 6.03. The number of allylic oxidation sites excluding steroid dienone is 4. The molecular formula is C23H30BrFN2O. The number of nitrogens with zero attached hydrogens (tertiary/aromatic N) is 1. The number of nitrogens with two attached hydrogens (primary N) is 1. The van der Waals surface area contributed by atoms with Gasteiger partial charge in [0.15, 0.2) is 5.78 Å². The number of ketones is 1. The summed E-state index contributed by atoms with van der Waals surface area (Å²) in [6.45, 7) is 10.5. The lowest BCUT2D eigenvalue weighted by Crippen LogP contribution is -2.31. The minimum atomic E-state index is -0.304. The van der Waals surface area contributed by atoms with Gasteiger partial charge in [-0.1, -0.05) is 50.3 Å². The first kappa shape index (κ1) is 22.6. The molecule has 2 N–H and O–H groups in total. The van der Waals surface area contributed by atoms with E-state index >= 15 is 0 Å². The number of hydrazine groups is 1. The Morgan fingerprint density at radius 1 is 1.39 bits per heavy atom. The summed E-state index contributed by atoms with van der Waals surface area (Å²) in [5, 5.41) is 1.45. The molecule has 5 heteroatoms. The third-order valence-corrected chi connectivity index (χ3v) is 6.34. The van der Waals surface area contributed by atoms with Crippen LogP contribution in [0.15, 0.2) is 58.2 Å². The number of hydrogen-bond donors (Lipinski definition) is 1. The Balaban J connectivity index is 2.42. The lowest BCUT2D eigenvalue weighted by Gasteiger charge is -2.27. The summed E-state index contributed by atoms with van der Waals surface area (Å²) in [6.07, 6.45) is 5.58. The normalized spacial score (nSPS) is 25.1. The summed E-state index contributed by atoms with van der Waals surface area (Å²) in [4.78, 5) is 13.1. The third-order valence-electron chi connectivity index (χ3n) is 5.46. The van der Waals surface area contributed by atoms with Crippen LogP contribution in [0.1, 0.15) is 52.0 Å². The van der Waals surface area contributed by atoms with Gasteiger partial charge in [0.05, 0.1) is 11.2 Å². The molecule has 1 aliphatic rings. The van der Waals surface area contributed by atoms with Crippen molar-refractivity contribution in [1.29, 1.82) is 0 Å². The molecule has 0 aromatic heterocycles. The van der Waals surface area contributed by atoms with Crippen molar-refractivity contribution in [2.45, 2.75) is 53.0 Å². The second kappa shape index (κ2) is 10.2. The molecule has 1 aromatic carbocycles. The van der Waals surface area contributed by atoms with Gasteiger partial charge < -0.3 is 0 Å². The Morgan fingerprint density at radius 2 is 2.07 bits per heavy atom. The smallest absolute Gasteiger partial charge is 0.165 e. The largest absolute Gasteiger partial charge is 0.299 e. The zero-order chi connectivity index (χ0) is 20.8. The van der Waals surface area contributed by atoms with E-state index < -0.39 is 0 Å². The standard InChI is InChI=1S/C23H30BrFN2O/c1-5-18-13-11-15(2)10-12-16(3)21(17(4)22(18)28)23(24)27(26)14-19-8-6-7-9-20(19)25/h6-10,16,18H,4-5,11-14,26H2,1-3H3/b15-10-,23-21-. The van der Waals surface area contributed by atoms with Crippen LogP contribution in [0.4, 0.5) is 4.39 Å². The molecule has 2 rings (SSSR count). The summed E-state index contributed by atoms with van der Waals surface area (Å²) >= 11 is 3.58. The van der Waals surface area contributed by atoms with Crippen molar-refractivity contribution in [1.82, 2.24) is 5.01 Å². The number of hydrogen-bond acceptors (Lipinski definition) is 3. The van der Waals surface area contributed by atoms with E-state index in [0.717, 1.165) is 31.3 Å². The molecular weight excluding hydrogens is 419 g/mol. The van der Waals surface area contributed by atoms with E-state index in [0.29, 0.717) is 15.7 Å². The minimum absolute atomic E-state index is 0.0470. The third kappa shape index (κ3) is 5.42. The first-order chi connectivity index (χ1) is 13.3. The maximum atomic E-state index is 14.0. The van der Waals surface area contributed by atoms with Gasteiger partial charge in [-0.3, -0.25) is 9.80 Å². The van der Waals surface area contributed by atoms with Crippen molar-refractivity contribution in [3.8, 4) is 0 Å². The van der Waals surface area contributed by atoms with Gasteiger partial charge in [-0.2, -0.15) is 0 Å². The average Bonchev–Trinajstić information content (AvgIpc) is 2.67. The molecule has 28 heavy (non-hydrogen) atoms. The molecule has 1 aromatic rings. The molecule has 0 fully saturated rings. The fourth-order valence-corrected chi connectivity index (χ4v) is 4.31. The molecule has 0 radical (unpaired) electrons. The van der Waals surface area contributed by atoms with Gasteiger partial charge in [0.2, 0.25) is 0 Å². The average molecular weight is 449 g/mol. The Kier molecular flexibility index (Phi) is 8.20. The van der Waals surface area contributed by atoms with E-state index in [1.165, 1.54) is 16.6 Å². The second-order valence-electron chi connectivity index (χ2n) is 7.60. The van der Waals surface area contributed by atoms with Crippen LogP contribution in [0.2, 0.25) is 0 Å². The van der Waals surface area contributed by atoms with Gasteiger partial charge in [0, 0.05) is 17.1 Å². The van der Waals surface area contributed by atoms with Crippen molar-refractivity contribution in [3.63, 3.8) is 0 Å². The predicted molar refractivity (Wildman–Crippen MR) is 117 cm³/mol. The fraction of sp³-hybridized carbons (Fsp3) is 0.435. The summed E-state index contributed by atoms with van der Waals surface area (Å²) < 4.78 is 14.6. The molecule has 0 saturated carbocycles. The molecule has 152 valence electrons. The highest BCUT2D eigenvalue weighted by atomic mass is 79.9. The Bertz CT molecular complexity index is 800. The van der Waals surface area contributed by atoms with Crippen molar-refractivity contribution < 1.29 is 9.18 Å². The highest BCUT2D eigenvalue weighted by molar-refractivity contribution is 9.11. The van der Waals surface area contributed by atoms with Gasteiger partial charge >= 0.3 is 0 Å². The molecule has 1 aliphatic carbocycles. The second-order valence-corrected chi connectivity index (χ2v) is 8.35. The summed E-state index contributed by atoms with van der Waals surface area (Å²) in [5.74, 6) is 6.05. The Labute approximate surface area is 176 Å². The van der Waals surface area contributed by atoms with E-state index in [2.05, 4.69) is 42.4 Å². The number of benzene rings is 1. The molecule has 0 aliphatic heterocycles. The van der Waals surface area contributed by atoms with E-state index in [9.17, 15) is 9.18 Å². The van der Waals surface area contributed by atoms with Crippen molar-refractivity contribution in [2.24, 2.45) is 17.7 Å². The number of halogens is 2.